The van der Waals surface area contributed by atoms with Crippen LogP contribution in [0, 0.1) is 5.82 Å². The number of alkyl carbamates (subject to hydrolysis) is 1. The largest absolute Gasteiger partial charge is 0.444 e. The van der Waals surface area contributed by atoms with Gasteiger partial charge < -0.3 is 19.4 Å². The molecule has 0 unspecified atom stereocenters. The molecule has 1 heterocycles. The van der Waals surface area contributed by atoms with E-state index in [1.165, 1.54) is 12.1 Å². The highest BCUT2D eigenvalue weighted by molar-refractivity contribution is 5.77. The molecule has 1 saturated carbocycles. The highest BCUT2D eigenvalue weighted by Gasteiger charge is 2.35. The first-order valence-corrected chi connectivity index (χ1v) is 11.0. The van der Waals surface area contributed by atoms with Gasteiger partial charge in [-0.1, -0.05) is 30.3 Å². The number of fused-ring (bicyclic) bond motifs is 1. The van der Waals surface area contributed by atoms with E-state index in [1.54, 1.807) is 6.07 Å². The highest BCUT2D eigenvalue weighted by Crippen LogP contribution is 2.39. The Morgan fingerprint density at radius 1 is 1.22 bits per heavy atom. The molecule has 170 valence electrons. The number of benzene rings is 2. The van der Waals surface area contributed by atoms with Crippen LogP contribution in [0.5, 0.6) is 0 Å². The summed E-state index contributed by atoms with van der Waals surface area (Å²) in [7, 11) is 0. The smallest absolute Gasteiger partial charge is 0.408 e. The number of carbonyl (C=O) groups excluding carboxylic acids is 1. The van der Waals surface area contributed by atoms with Crippen LogP contribution in [0.4, 0.5) is 9.18 Å². The predicted molar refractivity (Wildman–Crippen MR) is 121 cm³/mol. The Kier molecular flexibility index (Phi) is 6.20. The second-order valence-corrected chi connectivity index (χ2v) is 9.38. The maximum atomic E-state index is 14.0. The third-order valence-corrected chi connectivity index (χ3v) is 5.56. The van der Waals surface area contributed by atoms with Crippen molar-refractivity contribution in [2.75, 3.05) is 0 Å². The maximum absolute atomic E-state index is 14.0. The molecule has 3 aromatic rings. The van der Waals surface area contributed by atoms with E-state index in [9.17, 15) is 9.18 Å². The molecule has 32 heavy (non-hydrogen) atoms. The number of amides is 1. The molecule has 0 radical (unpaired) electrons. The van der Waals surface area contributed by atoms with Gasteiger partial charge in [-0.15, -0.1) is 0 Å². The summed E-state index contributed by atoms with van der Waals surface area (Å²) in [6.45, 7) is 7.89. The van der Waals surface area contributed by atoms with E-state index < -0.39 is 17.7 Å². The Morgan fingerprint density at radius 3 is 2.62 bits per heavy atom. The van der Waals surface area contributed by atoms with Crippen LogP contribution in [0.1, 0.15) is 64.0 Å². The summed E-state index contributed by atoms with van der Waals surface area (Å²) >= 11 is 0. The lowest BCUT2D eigenvalue weighted by molar-refractivity contribution is -0.0356. The Bertz CT molecular complexity index is 1090. The molecule has 0 spiro atoms. The number of rotatable bonds is 6. The van der Waals surface area contributed by atoms with Crippen LogP contribution in [0.2, 0.25) is 0 Å². The van der Waals surface area contributed by atoms with Gasteiger partial charge in [0.15, 0.2) is 0 Å². The van der Waals surface area contributed by atoms with Crippen molar-refractivity contribution in [3.63, 3.8) is 0 Å². The molecule has 1 amide bonds. The zero-order valence-electron chi connectivity index (χ0n) is 19.0. The Hall–Kier alpha value is -2.93. The van der Waals surface area contributed by atoms with Gasteiger partial charge in [-0.25, -0.2) is 14.2 Å². The Morgan fingerprint density at radius 2 is 1.94 bits per heavy atom. The minimum Gasteiger partial charge on any atom is -0.444 e. The number of nitrogens with one attached hydrogen (secondary N) is 1. The molecule has 1 fully saturated rings. The number of nitrogens with zero attached hydrogens (tertiary/aromatic N) is 2. The highest BCUT2D eigenvalue weighted by atomic mass is 19.1. The number of imidazole rings is 1. The van der Waals surface area contributed by atoms with Gasteiger partial charge in [0.05, 0.1) is 29.8 Å². The zero-order chi connectivity index (χ0) is 22.9. The molecule has 2 aromatic carbocycles. The molecule has 6 nitrogen and oxygen atoms in total. The molecule has 0 aliphatic heterocycles. The van der Waals surface area contributed by atoms with Crippen LogP contribution in [-0.4, -0.2) is 27.3 Å². The second-order valence-electron chi connectivity index (χ2n) is 9.38. The minimum atomic E-state index is -0.593. The van der Waals surface area contributed by atoms with E-state index >= 15 is 0 Å². The van der Waals surface area contributed by atoms with Gasteiger partial charge >= 0.3 is 6.09 Å². The molecule has 7 heteroatoms. The fourth-order valence-electron chi connectivity index (χ4n) is 4.00. The van der Waals surface area contributed by atoms with E-state index in [2.05, 4.69) is 5.32 Å². The minimum absolute atomic E-state index is 0.125. The van der Waals surface area contributed by atoms with E-state index in [1.807, 2.05) is 62.6 Å². The van der Waals surface area contributed by atoms with Crippen molar-refractivity contribution in [2.45, 2.75) is 70.9 Å². The van der Waals surface area contributed by atoms with E-state index in [0.717, 1.165) is 23.9 Å². The molecule has 1 aliphatic rings. The normalized spacial score (nSPS) is 19.4. The van der Waals surface area contributed by atoms with Crippen molar-refractivity contribution in [2.24, 2.45) is 0 Å². The number of aromatic nitrogens is 2. The van der Waals surface area contributed by atoms with Crippen LogP contribution < -0.4 is 5.32 Å². The summed E-state index contributed by atoms with van der Waals surface area (Å²) in [5, 5.41) is 2.86. The molecule has 0 saturated heterocycles. The van der Waals surface area contributed by atoms with Gasteiger partial charge in [0.1, 0.15) is 17.2 Å². The van der Waals surface area contributed by atoms with Crippen LogP contribution in [-0.2, 0) is 16.1 Å². The molecule has 1 atom stereocenters. The van der Waals surface area contributed by atoms with Gasteiger partial charge in [0.25, 0.3) is 0 Å². The number of carbonyl (C=O) groups is 1. The lowest BCUT2D eigenvalue weighted by atomic mass is 9.88. The number of halogens is 1. The third-order valence-electron chi connectivity index (χ3n) is 5.56. The number of hydrogen-bond donors (Lipinski definition) is 1. The zero-order valence-corrected chi connectivity index (χ0v) is 19.0. The molecule has 1 aliphatic carbocycles. The second kappa shape index (κ2) is 8.90. The third kappa shape index (κ3) is 5.10. The first kappa shape index (κ1) is 22.3. The van der Waals surface area contributed by atoms with Crippen LogP contribution in [0.15, 0.2) is 48.5 Å². The Labute approximate surface area is 187 Å². The molecule has 4 rings (SSSR count). The van der Waals surface area contributed by atoms with E-state index in [-0.39, 0.29) is 18.0 Å². The summed E-state index contributed by atoms with van der Waals surface area (Å²) in [6.07, 6.45) is 1.24. The van der Waals surface area contributed by atoms with Gasteiger partial charge in [-0.3, -0.25) is 0 Å². The monoisotopic (exact) mass is 439 g/mol. The summed E-state index contributed by atoms with van der Waals surface area (Å²) in [5.74, 6) is 0.372. The number of ether oxygens (including phenoxy) is 2. The van der Waals surface area contributed by atoms with Gasteiger partial charge in [0.2, 0.25) is 0 Å². The van der Waals surface area contributed by atoms with Gasteiger partial charge in [-0.2, -0.15) is 0 Å². The van der Waals surface area contributed by atoms with Crippen molar-refractivity contribution in [3.05, 3.63) is 65.7 Å². The fraction of sp³-hybridized carbons (Fsp3) is 0.440. The average Bonchev–Trinajstić information content (AvgIpc) is 3.04. The van der Waals surface area contributed by atoms with Crippen LogP contribution in [0.25, 0.3) is 11.0 Å². The summed E-state index contributed by atoms with van der Waals surface area (Å²) < 4.78 is 27.5. The quantitative estimate of drug-likeness (QED) is 0.537. The SMILES string of the molecule is C[C@H](NC(=O)OC(C)(C)C)c1nc2ccc(F)cc2n1C1CC(OCc2ccccc2)C1. The molecule has 1 aromatic heterocycles. The summed E-state index contributed by atoms with van der Waals surface area (Å²) in [6, 6.07) is 14.4. The topological polar surface area (TPSA) is 65.4 Å². The lowest BCUT2D eigenvalue weighted by Crippen LogP contribution is -2.37. The van der Waals surface area contributed by atoms with Crippen molar-refractivity contribution in [1.29, 1.82) is 0 Å². The Balaban J connectivity index is 1.50. The van der Waals surface area contributed by atoms with Crippen molar-refractivity contribution >= 4 is 17.1 Å². The summed E-state index contributed by atoms with van der Waals surface area (Å²) in [4.78, 5) is 17.0. The molecular weight excluding hydrogens is 409 g/mol. The van der Waals surface area contributed by atoms with Gasteiger partial charge in [0, 0.05) is 6.04 Å². The molecule has 0 bridgehead atoms. The first-order chi connectivity index (χ1) is 15.2. The van der Waals surface area contributed by atoms with Crippen molar-refractivity contribution < 1.29 is 18.7 Å². The number of hydrogen-bond acceptors (Lipinski definition) is 4. The summed E-state index contributed by atoms with van der Waals surface area (Å²) in [5.41, 5.74) is 1.98. The van der Waals surface area contributed by atoms with E-state index in [4.69, 9.17) is 14.5 Å². The standard InChI is InChI=1S/C25H30FN3O3/c1-16(27-24(30)32-25(2,3)4)23-28-21-11-10-18(26)12-22(21)29(23)19-13-20(14-19)31-15-17-8-6-5-7-9-17/h5-12,16,19-20H,13-15H2,1-4H3,(H,27,30)/t16-,19?,20?/m0/s1. The fourth-order valence-corrected chi connectivity index (χ4v) is 4.00. The molecular formula is C25H30FN3O3. The van der Waals surface area contributed by atoms with Crippen LogP contribution >= 0.6 is 0 Å². The van der Waals surface area contributed by atoms with E-state index in [0.29, 0.717) is 17.9 Å². The predicted octanol–water partition coefficient (Wildman–Crippen LogP) is 5.68. The molecule has 1 N–H and O–H groups in total. The average molecular weight is 440 g/mol. The lowest BCUT2D eigenvalue weighted by Gasteiger charge is -2.37. The maximum Gasteiger partial charge on any atom is 0.408 e. The first-order valence-electron chi connectivity index (χ1n) is 11.0. The van der Waals surface area contributed by atoms with Gasteiger partial charge in [-0.05, 0) is 64.3 Å². The van der Waals surface area contributed by atoms with Crippen LogP contribution in [0.3, 0.4) is 0 Å². The van der Waals surface area contributed by atoms with Crippen molar-refractivity contribution in [1.82, 2.24) is 14.9 Å². The van der Waals surface area contributed by atoms with Crippen molar-refractivity contribution in [3.8, 4) is 0 Å².